The molecule has 0 unspecified atom stereocenters. The highest BCUT2D eigenvalue weighted by atomic mass is 16.2. The van der Waals surface area contributed by atoms with Gasteiger partial charge in [0, 0.05) is 31.8 Å². The van der Waals surface area contributed by atoms with E-state index >= 15 is 0 Å². The first-order valence-corrected chi connectivity index (χ1v) is 6.01. The third-order valence-corrected chi connectivity index (χ3v) is 2.39. The largest absolute Gasteiger partial charge is 0.345 e. The Bertz CT molecular complexity index is 439. The molecule has 0 saturated carbocycles. The fourth-order valence-corrected chi connectivity index (χ4v) is 1.57. The van der Waals surface area contributed by atoms with Crippen LogP contribution >= 0.6 is 0 Å². The van der Waals surface area contributed by atoms with Crippen LogP contribution in [0.25, 0.3) is 0 Å². The summed E-state index contributed by atoms with van der Waals surface area (Å²) in [4.78, 5) is 24.9. The summed E-state index contributed by atoms with van der Waals surface area (Å²) in [5, 5.41) is 2.80. The summed E-state index contributed by atoms with van der Waals surface area (Å²) in [6.45, 7) is 3.98. The summed E-state index contributed by atoms with van der Waals surface area (Å²) in [6, 6.07) is 6.98. The van der Waals surface area contributed by atoms with E-state index in [9.17, 15) is 9.59 Å². The summed E-state index contributed by atoms with van der Waals surface area (Å²) in [6.07, 6.45) is 0.478. The number of carbonyl (C=O) groups excluding carboxylic acids is 2. The van der Waals surface area contributed by atoms with E-state index in [0.717, 1.165) is 0 Å². The topological polar surface area (TPSA) is 49.4 Å². The third-order valence-electron chi connectivity index (χ3n) is 2.39. The molecule has 1 aromatic rings. The van der Waals surface area contributed by atoms with Gasteiger partial charge in [-0.3, -0.25) is 9.59 Å². The van der Waals surface area contributed by atoms with Crippen LogP contribution in [-0.4, -0.2) is 30.8 Å². The van der Waals surface area contributed by atoms with Gasteiger partial charge in [-0.1, -0.05) is 19.9 Å². The maximum atomic E-state index is 11.8. The summed E-state index contributed by atoms with van der Waals surface area (Å²) in [5.41, 5.74) is 1.23. The van der Waals surface area contributed by atoms with Gasteiger partial charge in [-0.05, 0) is 24.1 Å². The molecule has 18 heavy (non-hydrogen) atoms. The molecule has 1 aromatic carbocycles. The first kappa shape index (κ1) is 14.2. The van der Waals surface area contributed by atoms with Gasteiger partial charge in [0.2, 0.25) is 5.91 Å². The van der Waals surface area contributed by atoms with Crippen LogP contribution in [0.1, 0.15) is 30.6 Å². The zero-order valence-corrected chi connectivity index (χ0v) is 11.4. The van der Waals surface area contributed by atoms with E-state index in [2.05, 4.69) is 5.32 Å². The van der Waals surface area contributed by atoms with Crippen molar-refractivity contribution in [3.8, 4) is 0 Å². The van der Waals surface area contributed by atoms with Crippen LogP contribution in [0.4, 0.5) is 5.69 Å². The van der Waals surface area contributed by atoms with Crippen LogP contribution in [0.3, 0.4) is 0 Å². The Morgan fingerprint density at radius 1 is 1.28 bits per heavy atom. The summed E-state index contributed by atoms with van der Waals surface area (Å²) in [7, 11) is 3.40. The van der Waals surface area contributed by atoms with Crippen molar-refractivity contribution in [2.75, 3.05) is 19.4 Å². The number of hydrogen-bond acceptors (Lipinski definition) is 2. The highest BCUT2D eigenvalue weighted by Crippen LogP contribution is 2.13. The normalized spacial score (nSPS) is 10.3. The Morgan fingerprint density at radius 3 is 2.50 bits per heavy atom. The molecule has 0 spiro atoms. The lowest BCUT2D eigenvalue weighted by Crippen LogP contribution is -2.22. The molecule has 0 saturated heterocycles. The lowest BCUT2D eigenvalue weighted by Gasteiger charge is -2.12. The number of rotatable bonds is 4. The SMILES string of the molecule is CC(C)CC(=O)Nc1cccc(C(=O)N(C)C)c1. The van der Waals surface area contributed by atoms with E-state index in [1.807, 2.05) is 13.8 Å². The Morgan fingerprint density at radius 2 is 1.94 bits per heavy atom. The molecule has 0 aliphatic carbocycles. The molecule has 4 nitrogen and oxygen atoms in total. The molecule has 98 valence electrons. The van der Waals surface area contributed by atoms with Crippen LogP contribution in [-0.2, 0) is 4.79 Å². The lowest BCUT2D eigenvalue weighted by atomic mass is 10.1. The molecule has 0 radical (unpaired) electrons. The third kappa shape index (κ3) is 4.20. The Labute approximate surface area is 108 Å². The minimum Gasteiger partial charge on any atom is -0.345 e. The number of benzene rings is 1. The standard InChI is InChI=1S/C14H20N2O2/c1-10(2)8-13(17)15-12-7-5-6-11(9-12)14(18)16(3)4/h5-7,9-10H,8H2,1-4H3,(H,15,17). The van der Waals surface area contributed by atoms with Gasteiger partial charge in [0.15, 0.2) is 0 Å². The molecule has 0 atom stereocenters. The van der Waals surface area contributed by atoms with E-state index in [0.29, 0.717) is 23.6 Å². The van der Waals surface area contributed by atoms with Crippen LogP contribution in [0.15, 0.2) is 24.3 Å². The van der Waals surface area contributed by atoms with Crippen molar-refractivity contribution >= 4 is 17.5 Å². The van der Waals surface area contributed by atoms with Gasteiger partial charge in [0.1, 0.15) is 0 Å². The van der Waals surface area contributed by atoms with Gasteiger partial charge in [0.05, 0.1) is 0 Å². The molecular formula is C14H20N2O2. The van der Waals surface area contributed by atoms with E-state index < -0.39 is 0 Å². The Kier molecular flexibility index (Phi) is 4.89. The molecule has 0 bridgehead atoms. The zero-order chi connectivity index (χ0) is 13.7. The van der Waals surface area contributed by atoms with Crippen molar-refractivity contribution in [2.24, 2.45) is 5.92 Å². The maximum Gasteiger partial charge on any atom is 0.253 e. The monoisotopic (exact) mass is 248 g/mol. The fraction of sp³-hybridized carbons (Fsp3) is 0.429. The summed E-state index contributed by atoms with van der Waals surface area (Å²) in [5.74, 6) is 0.214. The van der Waals surface area contributed by atoms with Crippen LogP contribution in [0.5, 0.6) is 0 Å². The summed E-state index contributed by atoms with van der Waals surface area (Å²) >= 11 is 0. The van der Waals surface area contributed by atoms with Gasteiger partial charge in [-0.15, -0.1) is 0 Å². The maximum absolute atomic E-state index is 11.8. The second kappa shape index (κ2) is 6.19. The second-order valence-corrected chi connectivity index (χ2v) is 4.93. The van der Waals surface area contributed by atoms with Gasteiger partial charge >= 0.3 is 0 Å². The van der Waals surface area contributed by atoms with E-state index in [1.54, 1.807) is 38.4 Å². The van der Waals surface area contributed by atoms with E-state index in [-0.39, 0.29) is 11.8 Å². The minimum atomic E-state index is -0.0741. The van der Waals surface area contributed by atoms with Crippen molar-refractivity contribution in [2.45, 2.75) is 20.3 Å². The Balaban J connectivity index is 2.77. The van der Waals surface area contributed by atoms with E-state index in [1.165, 1.54) is 4.90 Å². The van der Waals surface area contributed by atoms with Crippen molar-refractivity contribution in [1.29, 1.82) is 0 Å². The lowest BCUT2D eigenvalue weighted by molar-refractivity contribution is -0.116. The number of nitrogens with zero attached hydrogens (tertiary/aromatic N) is 1. The van der Waals surface area contributed by atoms with Crippen molar-refractivity contribution in [3.63, 3.8) is 0 Å². The first-order chi connectivity index (χ1) is 8.40. The molecular weight excluding hydrogens is 228 g/mol. The number of anilines is 1. The molecule has 2 amide bonds. The predicted molar refractivity (Wildman–Crippen MR) is 72.5 cm³/mol. The average Bonchev–Trinajstić information content (AvgIpc) is 2.26. The van der Waals surface area contributed by atoms with Crippen molar-refractivity contribution in [1.82, 2.24) is 4.90 Å². The minimum absolute atomic E-state index is 0.0283. The zero-order valence-electron chi connectivity index (χ0n) is 11.4. The molecule has 1 rings (SSSR count). The highest BCUT2D eigenvalue weighted by Gasteiger charge is 2.10. The quantitative estimate of drug-likeness (QED) is 0.889. The number of amides is 2. The fourth-order valence-electron chi connectivity index (χ4n) is 1.57. The second-order valence-electron chi connectivity index (χ2n) is 4.93. The number of hydrogen-bond donors (Lipinski definition) is 1. The van der Waals surface area contributed by atoms with Crippen LogP contribution in [0.2, 0.25) is 0 Å². The van der Waals surface area contributed by atoms with Crippen molar-refractivity contribution in [3.05, 3.63) is 29.8 Å². The Hall–Kier alpha value is -1.84. The molecule has 4 heteroatoms. The van der Waals surface area contributed by atoms with Crippen LogP contribution in [0, 0.1) is 5.92 Å². The first-order valence-electron chi connectivity index (χ1n) is 6.01. The molecule has 1 N–H and O–H groups in total. The molecule has 0 aromatic heterocycles. The number of carbonyl (C=O) groups is 2. The molecule has 0 fully saturated rings. The molecule has 0 heterocycles. The molecule has 0 aliphatic rings. The molecule has 0 aliphatic heterocycles. The smallest absolute Gasteiger partial charge is 0.253 e. The highest BCUT2D eigenvalue weighted by molar-refractivity contribution is 5.96. The number of nitrogens with one attached hydrogen (secondary N) is 1. The van der Waals surface area contributed by atoms with Crippen molar-refractivity contribution < 1.29 is 9.59 Å². The van der Waals surface area contributed by atoms with E-state index in [4.69, 9.17) is 0 Å². The summed E-state index contributed by atoms with van der Waals surface area (Å²) < 4.78 is 0. The predicted octanol–water partition coefficient (Wildman–Crippen LogP) is 2.37. The van der Waals surface area contributed by atoms with Gasteiger partial charge in [-0.25, -0.2) is 0 Å². The van der Waals surface area contributed by atoms with Gasteiger partial charge in [0.25, 0.3) is 5.91 Å². The van der Waals surface area contributed by atoms with Crippen LogP contribution < -0.4 is 5.32 Å². The van der Waals surface area contributed by atoms with Gasteiger partial charge < -0.3 is 10.2 Å². The van der Waals surface area contributed by atoms with Gasteiger partial charge in [-0.2, -0.15) is 0 Å². The average molecular weight is 248 g/mol.